The first-order valence-corrected chi connectivity index (χ1v) is 8.34. The van der Waals surface area contributed by atoms with Crippen molar-refractivity contribution in [1.29, 1.82) is 0 Å². The molecule has 0 aromatic heterocycles. The third-order valence-electron chi connectivity index (χ3n) is 3.57. The van der Waals surface area contributed by atoms with Crippen LogP contribution in [-0.4, -0.2) is 17.6 Å². The summed E-state index contributed by atoms with van der Waals surface area (Å²) in [5.41, 5.74) is 0.885. The van der Waals surface area contributed by atoms with Crippen molar-refractivity contribution in [2.75, 3.05) is 11.5 Å². The number of hydrogen-bond donors (Lipinski definition) is 1. The molecule has 2 aromatic rings. The molecule has 128 valence electrons. The minimum atomic E-state index is -0.514. The zero-order valence-corrected chi connectivity index (χ0v) is 14.8. The molecule has 1 saturated heterocycles. The molecule has 1 fully saturated rings. The predicted octanol–water partition coefficient (Wildman–Crippen LogP) is 4.14. The first kappa shape index (κ1) is 17.4. The average molecular weight is 377 g/mol. The van der Waals surface area contributed by atoms with E-state index >= 15 is 0 Å². The lowest BCUT2D eigenvalue weighted by Crippen LogP contribution is -2.30. The third-order valence-corrected chi connectivity index (χ3v) is 4.19. The number of thiocarbonyl (C=S) groups is 1. The summed E-state index contributed by atoms with van der Waals surface area (Å²) in [6.07, 6.45) is 1.36. The van der Waals surface area contributed by atoms with E-state index in [9.17, 15) is 9.18 Å². The molecule has 0 aliphatic carbocycles. The molecule has 1 aliphatic heterocycles. The Hall–Kier alpha value is -2.44. The van der Waals surface area contributed by atoms with Crippen molar-refractivity contribution in [2.24, 2.45) is 0 Å². The van der Waals surface area contributed by atoms with Crippen LogP contribution in [0.1, 0.15) is 12.5 Å². The molecule has 0 atom stereocenters. The number of carbonyl (C=O) groups is 1. The lowest BCUT2D eigenvalue weighted by molar-refractivity contribution is -0.113. The highest BCUT2D eigenvalue weighted by molar-refractivity contribution is 7.80. The Balaban J connectivity index is 1.91. The zero-order valence-electron chi connectivity index (χ0n) is 13.3. The molecule has 1 heterocycles. The Morgan fingerprint density at radius 1 is 1.28 bits per heavy atom. The van der Waals surface area contributed by atoms with Crippen LogP contribution in [0.25, 0.3) is 6.08 Å². The van der Waals surface area contributed by atoms with Gasteiger partial charge in [0, 0.05) is 5.56 Å². The Morgan fingerprint density at radius 2 is 2.00 bits per heavy atom. The van der Waals surface area contributed by atoms with Gasteiger partial charge < -0.3 is 10.1 Å². The SMILES string of the molecule is CCOc1ccc(N2C(=O)/C(=C/c3c(F)cccc3Cl)NC2=S)cc1. The molecule has 1 N–H and O–H groups in total. The molecule has 1 aliphatic rings. The molecule has 25 heavy (non-hydrogen) atoms. The van der Waals surface area contributed by atoms with E-state index in [0.29, 0.717) is 18.0 Å². The maximum absolute atomic E-state index is 13.9. The fourth-order valence-corrected chi connectivity index (χ4v) is 2.94. The highest BCUT2D eigenvalue weighted by atomic mass is 35.5. The van der Waals surface area contributed by atoms with Crippen LogP contribution >= 0.6 is 23.8 Å². The number of benzene rings is 2. The monoisotopic (exact) mass is 376 g/mol. The number of carbonyl (C=O) groups excluding carboxylic acids is 1. The zero-order chi connectivity index (χ0) is 18.0. The Labute approximate surface area is 154 Å². The smallest absolute Gasteiger partial charge is 0.281 e. The van der Waals surface area contributed by atoms with Crippen molar-refractivity contribution >= 4 is 46.6 Å². The summed E-state index contributed by atoms with van der Waals surface area (Å²) in [5, 5.41) is 3.24. The Bertz CT molecular complexity index is 848. The van der Waals surface area contributed by atoms with Gasteiger partial charge in [0.05, 0.1) is 17.3 Å². The molecule has 0 bridgehead atoms. The van der Waals surface area contributed by atoms with Crippen molar-refractivity contribution < 1.29 is 13.9 Å². The second-order valence-electron chi connectivity index (χ2n) is 5.19. The molecule has 0 saturated carbocycles. The Kier molecular flexibility index (Phi) is 5.01. The topological polar surface area (TPSA) is 41.6 Å². The van der Waals surface area contributed by atoms with Crippen LogP contribution < -0.4 is 15.0 Å². The molecule has 3 rings (SSSR count). The Morgan fingerprint density at radius 3 is 2.64 bits per heavy atom. The van der Waals surface area contributed by atoms with E-state index in [4.69, 9.17) is 28.6 Å². The quantitative estimate of drug-likeness (QED) is 0.643. The van der Waals surface area contributed by atoms with Gasteiger partial charge >= 0.3 is 0 Å². The molecule has 1 amide bonds. The number of anilines is 1. The lowest BCUT2D eigenvalue weighted by Gasteiger charge is -2.14. The van der Waals surface area contributed by atoms with E-state index in [2.05, 4.69) is 5.32 Å². The second-order valence-corrected chi connectivity index (χ2v) is 5.98. The van der Waals surface area contributed by atoms with Crippen LogP contribution in [-0.2, 0) is 4.79 Å². The molecule has 0 radical (unpaired) electrons. The van der Waals surface area contributed by atoms with Crippen molar-refractivity contribution in [3.8, 4) is 5.75 Å². The van der Waals surface area contributed by atoms with Crippen LogP contribution in [0.3, 0.4) is 0 Å². The van der Waals surface area contributed by atoms with E-state index in [1.807, 2.05) is 6.92 Å². The first-order chi connectivity index (χ1) is 12.0. The number of amides is 1. The van der Waals surface area contributed by atoms with E-state index in [-0.39, 0.29) is 27.3 Å². The summed E-state index contributed by atoms with van der Waals surface area (Å²) in [6, 6.07) is 11.3. The number of rotatable bonds is 4. The van der Waals surface area contributed by atoms with E-state index in [1.165, 1.54) is 23.1 Å². The van der Waals surface area contributed by atoms with Gasteiger partial charge in [-0.3, -0.25) is 9.69 Å². The van der Waals surface area contributed by atoms with Crippen LogP contribution in [0.4, 0.5) is 10.1 Å². The van der Waals surface area contributed by atoms with Crippen molar-refractivity contribution in [3.63, 3.8) is 0 Å². The maximum Gasteiger partial charge on any atom is 0.281 e. The van der Waals surface area contributed by atoms with Gasteiger partial charge in [-0.2, -0.15) is 0 Å². The lowest BCUT2D eigenvalue weighted by atomic mass is 10.1. The fraction of sp³-hybridized carbons (Fsp3) is 0.111. The minimum absolute atomic E-state index is 0.136. The summed E-state index contributed by atoms with van der Waals surface area (Å²) in [5.74, 6) is -0.195. The van der Waals surface area contributed by atoms with Crippen LogP contribution in [0, 0.1) is 5.82 Å². The number of halogens is 2. The van der Waals surface area contributed by atoms with Crippen molar-refractivity contribution in [1.82, 2.24) is 5.32 Å². The fourth-order valence-electron chi connectivity index (χ4n) is 2.42. The maximum atomic E-state index is 13.9. The summed E-state index contributed by atoms with van der Waals surface area (Å²) in [6.45, 7) is 2.44. The minimum Gasteiger partial charge on any atom is -0.494 e. The summed E-state index contributed by atoms with van der Waals surface area (Å²) >= 11 is 11.2. The van der Waals surface area contributed by atoms with Crippen LogP contribution in [0.5, 0.6) is 5.75 Å². The van der Waals surface area contributed by atoms with Gasteiger partial charge in [0.15, 0.2) is 5.11 Å². The number of hydrogen-bond acceptors (Lipinski definition) is 3. The standard InChI is InChI=1S/C18H14ClFN2O2S/c1-2-24-12-8-6-11(7-9-12)22-17(23)16(21-18(22)25)10-13-14(19)4-3-5-15(13)20/h3-10H,2H2,1H3,(H,21,25)/b16-10-. The van der Waals surface area contributed by atoms with Crippen LogP contribution in [0.2, 0.25) is 5.02 Å². The molecular formula is C18H14ClFN2O2S. The van der Waals surface area contributed by atoms with Gasteiger partial charge in [0.25, 0.3) is 5.91 Å². The third kappa shape index (κ3) is 3.50. The summed E-state index contributed by atoms with van der Waals surface area (Å²) in [7, 11) is 0. The largest absolute Gasteiger partial charge is 0.494 e. The van der Waals surface area contributed by atoms with Gasteiger partial charge in [0.1, 0.15) is 17.3 Å². The first-order valence-electron chi connectivity index (χ1n) is 7.55. The van der Waals surface area contributed by atoms with E-state index in [0.717, 1.165) is 0 Å². The molecule has 2 aromatic carbocycles. The van der Waals surface area contributed by atoms with Crippen LogP contribution in [0.15, 0.2) is 48.2 Å². The molecule has 0 unspecified atom stereocenters. The highest BCUT2D eigenvalue weighted by Gasteiger charge is 2.32. The van der Waals surface area contributed by atoms with Gasteiger partial charge in [-0.1, -0.05) is 17.7 Å². The number of nitrogens with zero attached hydrogens (tertiary/aromatic N) is 1. The molecule has 0 spiro atoms. The van der Waals surface area contributed by atoms with Gasteiger partial charge in [0.2, 0.25) is 0 Å². The van der Waals surface area contributed by atoms with Gasteiger partial charge in [-0.25, -0.2) is 4.39 Å². The second kappa shape index (κ2) is 7.21. The van der Waals surface area contributed by atoms with E-state index in [1.54, 1.807) is 30.3 Å². The van der Waals surface area contributed by atoms with Gasteiger partial charge in [-0.05, 0) is 61.6 Å². The number of nitrogens with one attached hydrogen (secondary N) is 1. The van der Waals surface area contributed by atoms with E-state index < -0.39 is 5.82 Å². The average Bonchev–Trinajstić information content (AvgIpc) is 2.86. The molecule has 7 heteroatoms. The van der Waals surface area contributed by atoms with Crippen molar-refractivity contribution in [3.05, 3.63) is 64.6 Å². The molecular weight excluding hydrogens is 363 g/mol. The molecule has 4 nitrogen and oxygen atoms in total. The van der Waals surface area contributed by atoms with Gasteiger partial charge in [-0.15, -0.1) is 0 Å². The highest BCUT2D eigenvalue weighted by Crippen LogP contribution is 2.27. The predicted molar refractivity (Wildman–Crippen MR) is 100 cm³/mol. The number of ether oxygens (including phenoxy) is 1. The van der Waals surface area contributed by atoms with Crippen molar-refractivity contribution in [2.45, 2.75) is 6.92 Å². The normalized spacial score (nSPS) is 15.6. The summed E-state index contributed by atoms with van der Waals surface area (Å²) in [4.78, 5) is 14.0. The summed E-state index contributed by atoms with van der Waals surface area (Å²) < 4.78 is 19.3.